The largest absolute Gasteiger partial charge is 0.394 e. The zero-order valence-corrected chi connectivity index (χ0v) is 9.87. The Kier molecular flexibility index (Phi) is 4.99. The SMILES string of the molecule is CN(C)C1(CNCC(O)CO)CCCC1. The first-order chi connectivity index (χ1) is 7.10. The lowest BCUT2D eigenvalue weighted by Gasteiger charge is -2.36. The molecule has 0 aliphatic heterocycles. The van der Waals surface area contributed by atoms with Gasteiger partial charge in [0.1, 0.15) is 0 Å². The van der Waals surface area contributed by atoms with Gasteiger partial charge >= 0.3 is 0 Å². The zero-order chi connectivity index (χ0) is 11.3. The van der Waals surface area contributed by atoms with Crippen molar-refractivity contribution in [3.05, 3.63) is 0 Å². The van der Waals surface area contributed by atoms with Crippen molar-refractivity contribution in [2.24, 2.45) is 0 Å². The third-order valence-corrected chi connectivity index (χ3v) is 3.53. The summed E-state index contributed by atoms with van der Waals surface area (Å²) < 4.78 is 0. The first-order valence-corrected chi connectivity index (χ1v) is 5.78. The van der Waals surface area contributed by atoms with E-state index >= 15 is 0 Å². The van der Waals surface area contributed by atoms with Gasteiger partial charge in [-0.2, -0.15) is 0 Å². The average molecular weight is 216 g/mol. The smallest absolute Gasteiger partial charge is 0.0894 e. The number of hydrogen-bond donors (Lipinski definition) is 3. The number of aliphatic hydroxyl groups excluding tert-OH is 2. The van der Waals surface area contributed by atoms with Crippen LogP contribution in [0.15, 0.2) is 0 Å². The van der Waals surface area contributed by atoms with Crippen molar-refractivity contribution < 1.29 is 10.2 Å². The molecule has 0 spiro atoms. The topological polar surface area (TPSA) is 55.7 Å². The van der Waals surface area contributed by atoms with E-state index < -0.39 is 6.10 Å². The molecule has 1 aliphatic carbocycles. The molecule has 0 aromatic carbocycles. The Balaban J connectivity index is 2.33. The molecular weight excluding hydrogens is 192 g/mol. The van der Waals surface area contributed by atoms with E-state index in [1.54, 1.807) is 0 Å². The van der Waals surface area contributed by atoms with E-state index in [1.165, 1.54) is 25.7 Å². The van der Waals surface area contributed by atoms with Gasteiger partial charge in [0.2, 0.25) is 0 Å². The fourth-order valence-corrected chi connectivity index (χ4v) is 2.35. The monoisotopic (exact) mass is 216 g/mol. The van der Waals surface area contributed by atoms with Crippen LogP contribution in [0.1, 0.15) is 25.7 Å². The third-order valence-electron chi connectivity index (χ3n) is 3.53. The van der Waals surface area contributed by atoms with Gasteiger partial charge in [-0.3, -0.25) is 0 Å². The summed E-state index contributed by atoms with van der Waals surface area (Å²) in [7, 11) is 4.24. The fourth-order valence-electron chi connectivity index (χ4n) is 2.35. The quantitative estimate of drug-likeness (QED) is 0.576. The summed E-state index contributed by atoms with van der Waals surface area (Å²) in [5.41, 5.74) is 0.259. The van der Waals surface area contributed by atoms with Gasteiger partial charge in [-0.25, -0.2) is 0 Å². The van der Waals surface area contributed by atoms with Crippen LogP contribution in [0, 0.1) is 0 Å². The Morgan fingerprint density at radius 3 is 2.40 bits per heavy atom. The molecule has 0 amide bonds. The lowest BCUT2D eigenvalue weighted by atomic mass is 9.96. The Labute approximate surface area is 92.3 Å². The van der Waals surface area contributed by atoms with Crippen LogP contribution < -0.4 is 5.32 Å². The van der Waals surface area contributed by atoms with Gasteiger partial charge in [0.15, 0.2) is 0 Å². The normalized spacial score (nSPS) is 22.2. The van der Waals surface area contributed by atoms with Gasteiger partial charge in [-0.15, -0.1) is 0 Å². The van der Waals surface area contributed by atoms with Gasteiger partial charge in [0, 0.05) is 18.6 Å². The van der Waals surface area contributed by atoms with Crippen LogP contribution in [0.3, 0.4) is 0 Å². The Morgan fingerprint density at radius 2 is 1.93 bits per heavy atom. The lowest BCUT2D eigenvalue weighted by Crippen LogP contribution is -2.50. The number of likely N-dealkylation sites (N-methyl/N-ethyl adjacent to an activating group) is 1. The molecule has 1 fully saturated rings. The number of nitrogens with one attached hydrogen (secondary N) is 1. The maximum absolute atomic E-state index is 9.23. The Morgan fingerprint density at radius 1 is 1.33 bits per heavy atom. The lowest BCUT2D eigenvalue weighted by molar-refractivity contribution is 0.0863. The Bertz CT molecular complexity index is 179. The van der Waals surface area contributed by atoms with Crippen LogP contribution in [0.5, 0.6) is 0 Å². The van der Waals surface area contributed by atoms with E-state index in [0.29, 0.717) is 6.54 Å². The number of hydrogen-bond acceptors (Lipinski definition) is 4. The predicted octanol–water partition coefficient (Wildman–Crippen LogP) is -0.196. The molecule has 3 N–H and O–H groups in total. The molecule has 0 radical (unpaired) electrons. The second-order valence-corrected chi connectivity index (χ2v) is 4.79. The van der Waals surface area contributed by atoms with E-state index in [0.717, 1.165) is 6.54 Å². The van der Waals surface area contributed by atoms with Crippen molar-refractivity contribution in [3.8, 4) is 0 Å². The maximum atomic E-state index is 9.23. The van der Waals surface area contributed by atoms with E-state index in [2.05, 4.69) is 24.3 Å². The maximum Gasteiger partial charge on any atom is 0.0894 e. The van der Waals surface area contributed by atoms with Gasteiger partial charge in [0.05, 0.1) is 12.7 Å². The molecule has 0 heterocycles. The van der Waals surface area contributed by atoms with E-state index in [4.69, 9.17) is 5.11 Å². The summed E-state index contributed by atoms with van der Waals surface area (Å²) in [6.07, 6.45) is 4.40. The molecule has 0 saturated heterocycles. The number of rotatable bonds is 6. The van der Waals surface area contributed by atoms with Crippen LogP contribution in [-0.2, 0) is 0 Å². The van der Waals surface area contributed by atoms with Crippen LogP contribution in [-0.4, -0.2) is 60.5 Å². The summed E-state index contributed by atoms with van der Waals surface area (Å²) in [5.74, 6) is 0. The summed E-state index contributed by atoms with van der Waals surface area (Å²) in [6, 6.07) is 0. The highest BCUT2D eigenvalue weighted by atomic mass is 16.3. The first-order valence-electron chi connectivity index (χ1n) is 5.78. The molecule has 0 aromatic rings. The van der Waals surface area contributed by atoms with Crippen molar-refractivity contribution >= 4 is 0 Å². The summed E-state index contributed by atoms with van der Waals surface area (Å²) in [5, 5.41) is 21.2. The molecule has 0 aromatic heterocycles. The van der Waals surface area contributed by atoms with Gasteiger partial charge < -0.3 is 20.4 Å². The van der Waals surface area contributed by atoms with Crippen LogP contribution in [0.4, 0.5) is 0 Å². The van der Waals surface area contributed by atoms with Crippen molar-refractivity contribution in [1.82, 2.24) is 10.2 Å². The number of nitrogens with zero attached hydrogens (tertiary/aromatic N) is 1. The van der Waals surface area contributed by atoms with Gasteiger partial charge in [-0.05, 0) is 26.9 Å². The van der Waals surface area contributed by atoms with Gasteiger partial charge in [-0.1, -0.05) is 12.8 Å². The Hall–Kier alpha value is -0.160. The van der Waals surface area contributed by atoms with Crippen LogP contribution in [0.2, 0.25) is 0 Å². The molecule has 1 aliphatic rings. The van der Waals surface area contributed by atoms with Crippen LogP contribution in [0.25, 0.3) is 0 Å². The second-order valence-electron chi connectivity index (χ2n) is 4.79. The standard InChI is InChI=1S/C11H24N2O2/c1-13(2)11(5-3-4-6-11)9-12-7-10(15)8-14/h10,12,14-15H,3-9H2,1-2H3. The van der Waals surface area contributed by atoms with E-state index in [-0.39, 0.29) is 12.1 Å². The highest BCUT2D eigenvalue weighted by Gasteiger charge is 2.35. The molecule has 15 heavy (non-hydrogen) atoms. The minimum atomic E-state index is -0.634. The third kappa shape index (κ3) is 3.41. The zero-order valence-electron chi connectivity index (χ0n) is 9.87. The molecule has 1 saturated carbocycles. The fraction of sp³-hybridized carbons (Fsp3) is 1.00. The second kappa shape index (κ2) is 5.80. The molecule has 1 atom stereocenters. The highest BCUT2D eigenvalue weighted by Crippen LogP contribution is 2.32. The van der Waals surface area contributed by atoms with E-state index in [9.17, 15) is 5.11 Å². The minimum absolute atomic E-state index is 0.165. The molecule has 0 bridgehead atoms. The van der Waals surface area contributed by atoms with Crippen molar-refractivity contribution in [2.45, 2.75) is 37.3 Å². The highest BCUT2D eigenvalue weighted by molar-refractivity contribution is 4.94. The molecule has 90 valence electrons. The first kappa shape index (κ1) is 12.9. The summed E-state index contributed by atoms with van der Waals surface area (Å²) in [4.78, 5) is 2.29. The van der Waals surface area contributed by atoms with Crippen molar-refractivity contribution in [1.29, 1.82) is 0 Å². The van der Waals surface area contributed by atoms with Crippen molar-refractivity contribution in [2.75, 3.05) is 33.8 Å². The number of aliphatic hydroxyl groups is 2. The average Bonchev–Trinajstić information content (AvgIpc) is 2.67. The van der Waals surface area contributed by atoms with Crippen LogP contribution >= 0.6 is 0 Å². The summed E-state index contributed by atoms with van der Waals surface area (Å²) in [6.45, 7) is 1.21. The van der Waals surface area contributed by atoms with Gasteiger partial charge in [0.25, 0.3) is 0 Å². The molecule has 1 rings (SSSR count). The minimum Gasteiger partial charge on any atom is -0.394 e. The molecular formula is C11H24N2O2. The summed E-state index contributed by atoms with van der Waals surface area (Å²) >= 11 is 0. The molecule has 4 heteroatoms. The molecule has 4 nitrogen and oxygen atoms in total. The molecule has 1 unspecified atom stereocenters. The van der Waals surface area contributed by atoms with E-state index in [1.807, 2.05) is 0 Å². The van der Waals surface area contributed by atoms with Crippen molar-refractivity contribution in [3.63, 3.8) is 0 Å². The predicted molar refractivity (Wildman–Crippen MR) is 60.8 cm³/mol.